The molecule has 0 spiro atoms. The highest BCUT2D eigenvalue weighted by Crippen LogP contribution is 2.30. The van der Waals surface area contributed by atoms with Crippen molar-refractivity contribution < 1.29 is 19.2 Å². The van der Waals surface area contributed by atoms with Crippen molar-refractivity contribution >= 4 is 67.2 Å². The Kier molecular flexibility index (Phi) is 10.7. The van der Waals surface area contributed by atoms with Gasteiger partial charge >= 0.3 is 18.1 Å². The number of hydrogen-bond donors (Lipinski definition) is 3. The number of fused-ring (bicyclic) bond motifs is 1. The van der Waals surface area contributed by atoms with Crippen LogP contribution >= 0.6 is 31.9 Å². The Bertz CT molecular complexity index is 1530. The molecule has 0 saturated carbocycles. The Labute approximate surface area is 298 Å². The number of nitrogens with two attached hydrogens (primary N) is 1. The molecule has 48 heavy (non-hydrogen) atoms. The number of hydrogen-bond acceptors (Lipinski definition) is 6. The summed E-state index contributed by atoms with van der Waals surface area (Å²) in [4.78, 5) is 64.9. The van der Waals surface area contributed by atoms with Gasteiger partial charge in [0.05, 0.1) is 4.83 Å². The molecule has 0 radical (unpaired) electrons. The van der Waals surface area contributed by atoms with Gasteiger partial charge < -0.3 is 45.8 Å². The second-order valence-corrected chi connectivity index (χ2v) is 15.0. The van der Waals surface area contributed by atoms with Gasteiger partial charge in [-0.3, -0.25) is 4.79 Å². The maximum Gasteiger partial charge on any atom is 0.322 e. The second-order valence-electron chi connectivity index (χ2n) is 13.0. The maximum absolute atomic E-state index is 14.0. The average Bonchev–Trinajstić information content (AvgIpc) is 3.09. The van der Waals surface area contributed by atoms with Gasteiger partial charge in [-0.15, -0.1) is 0 Å². The number of carbonyl (C=O) groups is 4. The molecule has 4 aliphatic rings. The van der Waals surface area contributed by atoms with Crippen LogP contribution in [0.5, 0.6) is 0 Å². The summed E-state index contributed by atoms with van der Waals surface area (Å²) in [6.45, 7) is 6.09. The van der Waals surface area contributed by atoms with Crippen LogP contribution in [0.15, 0.2) is 46.9 Å². The first kappa shape index (κ1) is 34.3. The Morgan fingerprint density at radius 1 is 0.938 bits per heavy atom. The van der Waals surface area contributed by atoms with E-state index in [9.17, 15) is 19.2 Å². The van der Waals surface area contributed by atoms with E-state index in [-0.39, 0.29) is 41.3 Å². The van der Waals surface area contributed by atoms with E-state index in [1.807, 2.05) is 51.1 Å². The van der Waals surface area contributed by atoms with Crippen molar-refractivity contribution in [2.24, 2.45) is 0 Å². The van der Waals surface area contributed by atoms with Gasteiger partial charge in [0.15, 0.2) is 0 Å². The van der Waals surface area contributed by atoms with E-state index in [2.05, 4.69) is 54.4 Å². The summed E-state index contributed by atoms with van der Waals surface area (Å²) in [5, 5.41) is 6.02. The van der Waals surface area contributed by atoms with Gasteiger partial charge in [0, 0.05) is 100 Å². The fraction of sp³-hybridized carbons (Fsp3) is 0.515. The topological polar surface area (TPSA) is 138 Å². The van der Waals surface area contributed by atoms with Crippen molar-refractivity contribution in [1.29, 1.82) is 0 Å². The Morgan fingerprint density at radius 3 is 2.29 bits per heavy atom. The number of rotatable bonds is 5. The van der Waals surface area contributed by atoms with Crippen molar-refractivity contribution in [2.75, 3.05) is 83.5 Å². The number of likely N-dealkylation sites (N-methyl/N-ethyl adjacent to an activating group) is 1. The average molecular weight is 790 g/mol. The van der Waals surface area contributed by atoms with E-state index in [1.54, 1.807) is 15.9 Å². The lowest BCUT2D eigenvalue weighted by molar-refractivity contribution is -0.134. The number of anilines is 2. The number of urea groups is 3. The lowest BCUT2D eigenvalue weighted by Crippen LogP contribution is -2.61. The first-order chi connectivity index (χ1) is 23.1. The molecular formula is C33H43Br2N9O4. The first-order valence-corrected chi connectivity index (χ1v) is 18.2. The zero-order chi connectivity index (χ0) is 33.9. The molecule has 2 aromatic carbocycles. The number of piperidine rings is 1. The number of alkyl halides is 1. The number of nitrogen functional groups attached to an aromatic ring is 1. The Balaban J connectivity index is 1.09. The van der Waals surface area contributed by atoms with Crippen LogP contribution in [0.3, 0.4) is 0 Å². The van der Waals surface area contributed by atoms with Crippen LogP contribution in [-0.2, 0) is 17.8 Å². The number of likely N-dealkylation sites (tertiary alicyclic amines) is 1. The van der Waals surface area contributed by atoms with Gasteiger partial charge in [-0.2, -0.15) is 0 Å². The molecule has 6 rings (SSSR count). The number of nitrogens with zero attached hydrogens (tertiary/aromatic N) is 6. The monoisotopic (exact) mass is 787 g/mol. The highest BCUT2D eigenvalue weighted by molar-refractivity contribution is 9.10. The van der Waals surface area contributed by atoms with Crippen LogP contribution in [-0.4, -0.2) is 143 Å². The van der Waals surface area contributed by atoms with Crippen molar-refractivity contribution in [2.45, 2.75) is 36.3 Å². The molecule has 2 unspecified atom stereocenters. The minimum atomic E-state index is -0.816. The summed E-state index contributed by atoms with van der Waals surface area (Å²) in [5.41, 5.74) is 9.33. The fourth-order valence-corrected chi connectivity index (χ4v) is 8.15. The molecule has 3 atom stereocenters. The van der Waals surface area contributed by atoms with Crippen molar-refractivity contribution in [1.82, 2.24) is 34.7 Å². The van der Waals surface area contributed by atoms with Gasteiger partial charge in [0.1, 0.15) is 6.04 Å². The summed E-state index contributed by atoms with van der Waals surface area (Å²) in [7, 11) is 2.06. The largest absolute Gasteiger partial charge is 0.398 e. The number of piperazine rings is 2. The van der Waals surface area contributed by atoms with E-state index in [0.29, 0.717) is 71.0 Å². The third-order valence-corrected chi connectivity index (χ3v) is 11.4. The van der Waals surface area contributed by atoms with E-state index in [1.165, 1.54) is 0 Å². The lowest BCUT2D eigenvalue weighted by Gasteiger charge is -2.43. The number of carbonyl (C=O) groups excluding carboxylic acids is 4. The molecule has 0 aliphatic carbocycles. The minimum absolute atomic E-state index is 0.0192. The van der Waals surface area contributed by atoms with Gasteiger partial charge in [0.2, 0.25) is 5.91 Å². The van der Waals surface area contributed by atoms with Gasteiger partial charge in [0.25, 0.3) is 0 Å². The van der Waals surface area contributed by atoms with Crippen LogP contribution in [0.2, 0.25) is 0 Å². The van der Waals surface area contributed by atoms with Gasteiger partial charge in [-0.05, 0) is 58.7 Å². The van der Waals surface area contributed by atoms with Crippen LogP contribution in [0.4, 0.5) is 25.8 Å². The lowest BCUT2D eigenvalue weighted by atomic mass is 10.0. The first-order valence-electron chi connectivity index (χ1n) is 16.5. The van der Waals surface area contributed by atoms with E-state index in [0.717, 1.165) is 34.4 Å². The predicted molar refractivity (Wildman–Crippen MR) is 191 cm³/mol. The molecule has 0 aromatic heterocycles. The van der Waals surface area contributed by atoms with Crippen molar-refractivity contribution in [3.05, 3.63) is 58.1 Å². The van der Waals surface area contributed by atoms with E-state index >= 15 is 0 Å². The number of nitrogens with one attached hydrogen (secondary N) is 2. The predicted octanol–water partition coefficient (Wildman–Crippen LogP) is 3.05. The van der Waals surface area contributed by atoms with Crippen molar-refractivity contribution in [3.8, 4) is 0 Å². The number of halogens is 2. The number of amides is 7. The van der Waals surface area contributed by atoms with E-state index in [4.69, 9.17) is 5.73 Å². The maximum atomic E-state index is 14.0. The summed E-state index contributed by atoms with van der Waals surface area (Å²) >= 11 is 7.25. The van der Waals surface area contributed by atoms with E-state index < -0.39 is 6.04 Å². The van der Waals surface area contributed by atoms with Gasteiger partial charge in [-0.25, -0.2) is 14.4 Å². The summed E-state index contributed by atoms with van der Waals surface area (Å²) in [6.07, 6.45) is 0.872. The van der Waals surface area contributed by atoms with Crippen molar-refractivity contribution in [3.63, 3.8) is 0 Å². The molecule has 7 amide bonds. The summed E-state index contributed by atoms with van der Waals surface area (Å²) < 4.78 is 0.724. The fourth-order valence-electron chi connectivity index (χ4n) is 6.83. The Hall–Kier alpha value is -3.56. The smallest absolute Gasteiger partial charge is 0.322 e. The molecule has 4 N–H and O–H groups in total. The van der Waals surface area contributed by atoms with Gasteiger partial charge in [-0.1, -0.05) is 40.2 Å². The molecule has 3 saturated heterocycles. The van der Waals surface area contributed by atoms with Crippen LogP contribution in [0.25, 0.3) is 0 Å². The molecule has 0 bridgehead atoms. The normalized spacial score (nSPS) is 22.6. The van der Waals surface area contributed by atoms with Crippen LogP contribution in [0.1, 0.15) is 17.5 Å². The summed E-state index contributed by atoms with van der Waals surface area (Å²) in [5.74, 6) is -0.183. The minimum Gasteiger partial charge on any atom is -0.398 e. The van der Waals surface area contributed by atoms with Crippen LogP contribution < -0.4 is 16.4 Å². The summed E-state index contributed by atoms with van der Waals surface area (Å²) in [6, 6.07) is 11.9. The number of benzene rings is 2. The highest BCUT2D eigenvalue weighted by atomic mass is 79.9. The highest BCUT2D eigenvalue weighted by Gasteiger charge is 2.39. The van der Waals surface area contributed by atoms with Crippen LogP contribution in [0, 0.1) is 0 Å². The zero-order valence-corrected chi connectivity index (χ0v) is 30.3. The standard InChI is InChI=1S/C33H43Br2N9O4/c1-39-10-12-41(13-11-39)33(48)42-16-14-40(15-17-42)30(45)28(19-22-6-7-26(36)24(34)18-22)38-31(46)43-9-8-29(25(35)21-43)44-20-23-4-2-3-5-27(23)37-32(44)47/h2-7,18,25,28-29H,8-17,19-21,36H2,1H3,(H,37,47)(H,38,46)/t25?,28-,29?/m1/s1. The SMILES string of the molecule is CN1CCN(C(=O)N2CCN(C(=O)[C@@H](Cc3ccc(N)c(Br)c3)NC(=O)N3CCC(N4Cc5ccccc5NC4=O)C(Br)C3)CC2)CC1. The molecule has 4 heterocycles. The Morgan fingerprint density at radius 2 is 1.60 bits per heavy atom. The molecule has 4 aliphatic heterocycles. The second kappa shape index (κ2) is 14.9. The number of para-hydroxylation sites is 1. The molecule has 13 nitrogen and oxygen atoms in total. The quantitative estimate of drug-likeness (QED) is 0.315. The molecule has 2 aromatic rings. The molecule has 258 valence electrons. The third kappa shape index (κ3) is 7.68. The molecule has 3 fully saturated rings. The molecular weight excluding hydrogens is 746 g/mol. The molecule has 15 heteroatoms. The zero-order valence-electron chi connectivity index (χ0n) is 27.1. The third-order valence-electron chi connectivity index (χ3n) is 9.79.